The highest BCUT2D eigenvalue weighted by Crippen LogP contribution is 2.21. The quantitative estimate of drug-likeness (QED) is 0.846. The number of hydrogen-bond donors (Lipinski definition) is 2. The molecule has 0 aliphatic heterocycles. The third-order valence-corrected chi connectivity index (χ3v) is 2.33. The van der Waals surface area contributed by atoms with Crippen molar-refractivity contribution in [3.05, 3.63) is 36.7 Å². The Labute approximate surface area is 100 Å². The van der Waals surface area contributed by atoms with Crippen molar-refractivity contribution in [1.82, 2.24) is 9.97 Å². The Bertz CT molecular complexity index is 500. The summed E-state index contributed by atoms with van der Waals surface area (Å²) in [5.74, 6) is 0.990. The average Bonchev–Trinajstić information content (AvgIpc) is 2.37. The number of aromatic hydroxyl groups is 1. The van der Waals surface area contributed by atoms with Crippen LogP contribution in [0.1, 0.15) is 13.3 Å². The first kappa shape index (κ1) is 11.4. The van der Waals surface area contributed by atoms with Crippen LogP contribution in [0.3, 0.4) is 0 Å². The van der Waals surface area contributed by atoms with Crippen molar-refractivity contribution in [3.63, 3.8) is 0 Å². The zero-order chi connectivity index (χ0) is 12.1. The highest BCUT2D eigenvalue weighted by Gasteiger charge is 2.02. The summed E-state index contributed by atoms with van der Waals surface area (Å²) in [4.78, 5) is 8.57. The van der Waals surface area contributed by atoms with Crippen LogP contribution in [0.15, 0.2) is 36.7 Å². The van der Waals surface area contributed by atoms with Gasteiger partial charge in [0.1, 0.15) is 11.6 Å². The third-order valence-electron chi connectivity index (χ3n) is 2.33. The van der Waals surface area contributed by atoms with E-state index >= 15 is 0 Å². The summed E-state index contributed by atoms with van der Waals surface area (Å²) in [5, 5.41) is 12.6. The average molecular weight is 229 g/mol. The molecule has 0 radical (unpaired) electrons. The Balaban J connectivity index is 2.26. The monoisotopic (exact) mass is 229 g/mol. The van der Waals surface area contributed by atoms with Crippen LogP contribution in [0.2, 0.25) is 0 Å². The topological polar surface area (TPSA) is 58.0 Å². The van der Waals surface area contributed by atoms with Gasteiger partial charge in [-0.15, -0.1) is 0 Å². The molecule has 1 heterocycles. The summed E-state index contributed by atoms with van der Waals surface area (Å²) >= 11 is 0. The zero-order valence-electron chi connectivity index (χ0n) is 9.72. The lowest BCUT2D eigenvalue weighted by molar-refractivity contribution is 0.475. The molecule has 0 aliphatic rings. The van der Waals surface area contributed by atoms with Gasteiger partial charge in [0.15, 0.2) is 0 Å². The fourth-order valence-electron chi connectivity index (χ4n) is 1.51. The first-order valence-corrected chi connectivity index (χ1v) is 5.65. The predicted octanol–water partition coefficient (Wildman–Crippen LogP) is 2.67. The summed E-state index contributed by atoms with van der Waals surface area (Å²) in [6, 6.07) is 7.00. The minimum absolute atomic E-state index is 0.233. The number of anilines is 1. The van der Waals surface area contributed by atoms with E-state index in [2.05, 4.69) is 22.2 Å². The minimum atomic E-state index is 0.233. The second-order valence-electron chi connectivity index (χ2n) is 3.77. The molecule has 0 aliphatic carbocycles. The van der Waals surface area contributed by atoms with E-state index in [0.717, 1.165) is 30.0 Å². The molecule has 0 unspecified atom stereocenters. The van der Waals surface area contributed by atoms with Gasteiger partial charge in [0.25, 0.3) is 0 Å². The zero-order valence-corrected chi connectivity index (χ0v) is 9.72. The second-order valence-corrected chi connectivity index (χ2v) is 3.77. The Morgan fingerprint density at radius 1 is 1.29 bits per heavy atom. The van der Waals surface area contributed by atoms with Gasteiger partial charge in [0.05, 0.1) is 18.1 Å². The molecule has 88 valence electrons. The maximum Gasteiger partial charge on any atom is 0.145 e. The van der Waals surface area contributed by atoms with Gasteiger partial charge in [-0.25, -0.2) is 4.98 Å². The molecular formula is C13H15N3O. The molecule has 0 amide bonds. The second kappa shape index (κ2) is 5.30. The molecule has 1 aromatic heterocycles. The van der Waals surface area contributed by atoms with E-state index < -0.39 is 0 Å². The number of phenolic OH excluding ortho intramolecular Hbond substituents is 1. The molecule has 0 saturated carbocycles. The molecule has 0 spiro atoms. The fraction of sp³-hybridized carbons (Fsp3) is 0.231. The van der Waals surface area contributed by atoms with E-state index in [0.29, 0.717) is 0 Å². The van der Waals surface area contributed by atoms with Crippen molar-refractivity contribution in [2.24, 2.45) is 0 Å². The van der Waals surface area contributed by atoms with Crippen molar-refractivity contribution in [1.29, 1.82) is 0 Å². The van der Waals surface area contributed by atoms with Crippen molar-refractivity contribution >= 4 is 5.82 Å². The smallest absolute Gasteiger partial charge is 0.145 e. The van der Waals surface area contributed by atoms with E-state index in [-0.39, 0.29) is 5.75 Å². The molecule has 2 rings (SSSR count). The van der Waals surface area contributed by atoms with E-state index in [9.17, 15) is 5.11 Å². The van der Waals surface area contributed by atoms with Gasteiger partial charge in [0, 0.05) is 12.1 Å². The molecule has 4 nitrogen and oxygen atoms in total. The first-order valence-electron chi connectivity index (χ1n) is 5.65. The standard InChI is InChI=1S/C13H15N3O/c1-2-6-15-13-9-14-8-12(16-13)10-4-3-5-11(17)7-10/h3-5,7-9,17H,2,6H2,1H3,(H,15,16). The van der Waals surface area contributed by atoms with Gasteiger partial charge < -0.3 is 10.4 Å². The van der Waals surface area contributed by atoms with Crippen LogP contribution in [0, 0.1) is 0 Å². The number of nitrogens with one attached hydrogen (secondary N) is 1. The summed E-state index contributed by atoms with van der Waals surface area (Å²) in [6.45, 7) is 2.97. The van der Waals surface area contributed by atoms with E-state index in [1.807, 2.05) is 6.07 Å². The van der Waals surface area contributed by atoms with Gasteiger partial charge in [-0.3, -0.25) is 4.98 Å². The van der Waals surface area contributed by atoms with Crippen molar-refractivity contribution < 1.29 is 5.11 Å². The SMILES string of the molecule is CCCNc1cncc(-c2cccc(O)c2)n1. The van der Waals surface area contributed by atoms with Gasteiger partial charge in [0.2, 0.25) is 0 Å². The van der Waals surface area contributed by atoms with Crippen LogP contribution in [-0.2, 0) is 0 Å². The molecule has 0 bridgehead atoms. The molecule has 4 heteroatoms. The normalized spacial score (nSPS) is 10.2. The Hall–Kier alpha value is -2.10. The number of aromatic nitrogens is 2. The van der Waals surface area contributed by atoms with Gasteiger partial charge in [-0.2, -0.15) is 0 Å². The summed E-state index contributed by atoms with van der Waals surface area (Å²) in [7, 11) is 0. The number of nitrogens with zero attached hydrogens (tertiary/aromatic N) is 2. The lowest BCUT2D eigenvalue weighted by atomic mass is 10.1. The molecule has 17 heavy (non-hydrogen) atoms. The molecule has 1 aromatic carbocycles. The maximum absolute atomic E-state index is 9.42. The van der Waals surface area contributed by atoms with E-state index in [1.165, 1.54) is 0 Å². The van der Waals surface area contributed by atoms with Crippen LogP contribution in [0.25, 0.3) is 11.3 Å². The number of rotatable bonds is 4. The number of benzene rings is 1. The Kier molecular flexibility index (Phi) is 3.55. The third kappa shape index (κ3) is 2.93. The molecular weight excluding hydrogens is 214 g/mol. The van der Waals surface area contributed by atoms with Gasteiger partial charge >= 0.3 is 0 Å². The van der Waals surface area contributed by atoms with Crippen LogP contribution < -0.4 is 5.32 Å². The molecule has 0 fully saturated rings. The van der Waals surface area contributed by atoms with Crippen molar-refractivity contribution in [3.8, 4) is 17.0 Å². The highest BCUT2D eigenvalue weighted by atomic mass is 16.3. The van der Waals surface area contributed by atoms with Crippen molar-refractivity contribution in [2.75, 3.05) is 11.9 Å². The highest BCUT2D eigenvalue weighted by molar-refractivity contribution is 5.61. The van der Waals surface area contributed by atoms with Crippen LogP contribution in [0.4, 0.5) is 5.82 Å². The molecule has 2 aromatic rings. The lowest BCUT2D eigenvalue weighted by Crippen LogP contribution is -2.02. The van der Waals surface area contributed by atoms with Crippen LogP contribution in [-0.4, -0.2) is 21.6 Å². The predicted molar refractivity (Wildman–Crippen MR) is 67.9 cm³/mol. The van der Waals surface area contributed by atoms with Crippen LogP contribution in [0.5, 0.6) is 5.75 Å². The lowest BCUT2D eigenvalue weighted by Gasteiger charge is -2.06. The number of phenols is 1. The van der Waals surface area contributed by atoms with Gasteiger partial charge in [-0.05, 0) is 18.6 Å². The largest absolute Gasteiger partial charge is 0.508 e. The van der Waals surface area contributed by atoms with E-state index in [4.69, 9.17) is 0 Å². The molecule has 0 atom stereocenters. The first-order chi connectivity index (χ1) is 8.29. The van der Waals surface area contributed by atoms with Gasteiger partial charge in [-0.1, -0.05) is 19.1 Å². The Morgan fingerprint density at radius 3 is 2.94 bits per heavy atom. The van der Waals surface area contributed by atoms with Crippen molar-refractivity contribution in [2.45, 2.75) is 13.3 Å². The minimum Gasteiger partial charge on any atom is -0.508 e. The van der Waals surface area contributed by atoms with E-state index in [1.54, 1.807) is 30.6 Å². The summed E-state index contributed by atoms with van der Waals surface area (Å²) in [5.41, 5.74) is 1.61. The summed E-state index contributed by atoms with van der Waals surface area (Å²) < 4.78 is 0. The molecule has 2 N–H and O–H groups in total. The Morgan fingerprint density at radius 2 is 2.18 bits per heavy atom. The molecule has 0 saturated heterocycles. The van der Waals surface area contributed by atoms with Crippen LogP contribution >= 0.6 is 0 Å². The number of hydrogen-bond acceptors (Lipinski definition) is 4. The summed E-state index contributed by atoms with van der Waals surface area (Å²) in [6.07, 6.45) is 4.42. The maximum atomic E-state index is 9.42. The fourth-order valence-corrected chi connectivity index (χ4v) is 1.51.